The second kappa shape index (κ2) is 5.95. The van der Waals surface area contributed by atoms with E-state index in [4.69, 9.17) is 4.74 Å². The van der Waals surface area contributed by atoms with Crippen molar-refractivity contribution in [2.24, 2.45) is 0 Å². The molecule has 2 rings (SSSR count). The minimum atomic E-state index is -2.08. The molecule has 0 aliphatic rings. The van der Waals surface area contributed by atoms with Crippen LogP contribution >= 0.6 is 0 Å². The minimum Gasteiger partial charge on any atom is -0.496 e. The van der Waals surface area contributed by atoms with Crippen molar-refractivity contribution in [3.8, 4) is 5.75 Å². The van der Waals surface area contributed by atoms with Gasteiger partial charge in [-0.25, -0.2) is 13.2 Å². The monoisotopic (exact) mass is 268 g/mol. The lowest BCUT2D eigenvalue weighted by Gasteiger charge is -2.14. The highest BCUT2D eigenvalue weighted by atomic mass is 19.2. The Morgan fingerprint density at radius 3 is 2.37 bits per heavy atom. The van der Waals surface area contributed by atoms with Gasteiger partial charge < -0.3 is 4.74 Å². The molecule has 0 bridgehead atoms. The number of halogens is 3. The molecule has 0 heterocycles. The van der Waals surface area contributed by atoms with Crippen molar-refractivity contribution in [3.63, 3.8) is 0 Å². The summed E-state index contributed by atoms with van der Waals surface area (Å²) in [5, 5.41) is 1.64. The third-order valence-electron chi connectivity index (χ3n) is 3.13. The average Bonchev–Trinajstić information content (AvgIpc) is 2.45. The summed E-state index contributed by atoms with van der Waals surface area (Å²) >= 11 is 0. The van der Waals surface area contributed by atoms with Gasteiger partial charge in [0.1, 0.15) is 18.6 Å². The fourth-order valence-electron chi connectivity index (χ4n) is 2.16. The van der Waals surface area contributed by atoms with Gasteiger partial charge in [-0.15, -0.1) is 0 Å². The van der Waals surface area contributed by atoms with Gasteiger partial charge in [-0.3, -0.25) is 0 Å². The Kier molecular flexibility index (Phi) is 4.30. The number of hydrogen-bond donors (Lipinski definition) is 0. The first-order valence-electron chi connectivity index (χ1n) is 6.06. The number of benzene rings is 2. The van der Waals surface area contributed by atoms with E-state index >= 15 is 0 Å². The van der Waals surface area contributed by atoms with Crippen molar-refractivity contribution in [2.75, 3.05) is 13.8 Å². The number of rotatable bonds is 5. The van der Waals surface area contributed by atoms with Crippen LogP contribution in [0, 0.1) is 0 Å². The smallest absolute Gasteiger partial charge is 0.160 e. The lowest BCUT2D eigenvalue weighted by Crippen LogP contribution is -2.21. The second-order valence-corrected chi connectivity index (χ2v) is 4.37. The number of hydrogen-bond acceptors (Lipinski definition) is 1. The molecule has 102 valence electrons. The Morgan fingerprint density at radius 1 is 1.05 bits per heavy atom. The number of alkyl halides is 3. The molecule has 0 saturated carbocycles. The zero-order valence-corrected chi connectivity index (χ0v) is 10.6. The van der Waals surface area contributed by atoms with Gasteiger partial charge in [0.05, 0.1) is 7.11 Å². The Labute approximate surface area is 110 Å². The summed E-state index contributed by atoms with van der Waals surface area (Å²) in [7, 11) is 1.53. The molecule has 2 aromatic rings. The highest BCUT2D eigenvalue weighted by Crippen LogP contribution is 2.30. The predicted molar refractivity (Wildman–Crippen MR) is 70.0 cm³/mol. The molecule has 0 radical (unpaired) electrons. The molecule has 4 heteroatoms. The molecular formula is C15H15F3O. The summed E-state index contributed by atoms with van der Waals surface area (Å²) in [6, 6.07) is 10.8. The number of ether oxygens (including phenoxy) is 1. The first-order chi connectivity index (χ1) is 9.17. The SMILES string of the molecule is COc1cccc2cccc(CC(F)C(F)CF)c12. The Bertz CT molecular complexity index is 551. The van der Waals surface area contributed by atoms with Crippen molar-refractivity contribution in [2.45, 2.75) is 18.8 Å². The van der Waals surface area contributed by atoms with Crippen LogP contribution in [0.5, 0.6) is 5.75 Å². The molecule has 0 aliphatic carbocycles. The zero-order valence-electron chi connectivity index (χ0n) is 10.6. The van der Waals surface area contributed by atoms with E-state index in [0.29, 0.717) is 11.3 Å². The van der Waals surface area contributed by atoms with Crippen LogP contribution in [-0.2, 0) is 6.42 Å². The average molecular weight is 268 g/mol. The molecule has 0 fully saturated rings. The van der Waals surface area contributed by atoms with Crippen LogP contribution in [0.25, 0.3) is 10.8 Å². The highest BCUT2D eigenvalue weighted by Gasteiger charge is 2.22. The van der Waals surface area contributed by atoms with Gasteiger partial charge in [0.15, 0.2) is 6.17 Å². The van der Waals surface area contributed by atoms with Gasteiger partial charge in [0.2, 0.25) is 0 Å². The quantitative estimate of drug-likeness (QED) is 0.795. The summed E-state index contributed by atoms with van der Waals surface area (Å²) in [6.45, 7) is -1.30. The van der Waals surface area contributed by atoms with Gasteiger partial charge >= 0.3 is 0 Å². The third kappa shape index (κ3) is 2.83. The van der Waals surface area contributed by atoms with Crippen LogP contribution in [0.4, 0.5) is 13.2 Å². The molecule has 0 amide bonds. The van der Waals surface area contributed by atoms with E-state index in [0.717, 1.165) is 10.8 Å². The lowest BCUT2D eigenvalue weighted by atomic mass is 9.98. The fraction of sp³-hybridized carbons (Fsp3) is 0.333. The third-order valence-corrected chi connectivity index (χ3v) is 3.13. The summed E-state index contributed by atoms with van der Waals surface area (Å²) in [6.07, 6.45) is -4.09. The van der Waals surface area contributed by atoms with Crippen LogP contribution in [0.3, 0.4) is 0 Å². The van der Waals surface area contributed by atoms with Gasteiger partial charge in [-0.05, 0) is 17.0 Å². The van der Waals surface area contributed by atoms with Crippen LogP contribution in [-0.4, -0.2) is 26.1 Å². The molecule has 0 saturated heterocycles. The van der Waals surface area contributed by atoms with Crippen LogP contribution in [0.1, 0.15) is 5.56 Å². The molecule has 0 aliphatic heterocycles. The summed E-state index contributed by atoms with van der Waals surface area (Å²) in [4.78, 5) is 0. The zero-order chi connectivity index (χ0) is 13.8. The van der Waals surface area contributed by atoms with E-state index in [1.165, 1.54) is 7.11 Å². The first-order valence-corrected chi connectivity index (χ1v) is 6.06. The van der Waals surface area contributed by atoms with Crippen molar-refractivity contribution in [1.82, 2.24) is 0 Å². The summed E-state index contributed by atoms with van der Waals surface area (Å²) in [5.41, 5.74) is 0.624. The molecule has 0 N–H and O–H groups in total. The molecular weight excluding hydrogens is 253 g/mol. The first kappa shape index (κ1) is 13.7. The highest BCUT2D eigenvalue weighted by molar-refractivity contribution is 5.91. The van der Waals surface area contributed by atoms with Gasteiger partial charge in [-0.2, -0.15) is 0 Å². The molecule has 2 unspecified atom stereocenters. The predicted octanol–water partition coefficient (Wildman–Crippen LogP) is 4.04. The molecule has 2 atom stereocenters. The Morgan fingerprint density at radius 2 is 1.74 bits per heavy atom. The molecule has 2 aromatic carbocycles. The Hall–Kier alpha value is -1.71. The van der Waals surface area contributed by atoms with Crippen molar-refractivity contribution in [1.29, 1.82) is 0 Å². The van der Waals surface area contributed by atoms with E-state index in [9.17, 15) is 13.2 Å². The largest absolute Gasteiger partial charge is 0.496 e. The van der Waals surface area contributed by atoms with E-state index in [-0.39, 0.29) is 6.42 Å². The topological polar surface area (TPSA) is 9.23 Å². The fourth-order valence-corrected chi connectivity index (χ4v) is 2.16. The molecule has 1 nitrogen and oxygen atoms in total. The van der Waals surface area contributed by atoms with Crippen LogP contribution < -0.4 is 4.74 Å². The molecule has 0 spiro atoms. The summed E-state index contributed by atoms with van der Waals surface area (Å²) in [5.74, 6) is 0.607. The number of methoxy groups -OCH3 is 1. The van der Waals surface area contributed by atoms with Gasteiger partial charge in [0, 0.05) is 11.8 Å². The minimum absolute atomic E-state index is 0.164. The standard InChI is InChI=1S/C15H15F3O/c1-19-14-7-3-5-10-4-2-6-11(15(10)14)8-12(17)13(18)9-16/h2-7,12-13H,8-9H2,1H3. The normalized spacial score (nSPS) is 14.3. The van der Waals surface area contributed by atoms with Crippen molar-refractivity contribution in [3.05, 3.63) is 42.0 Å². The van der Waals surface area contributed by atoms with Gasteiger partial charge in [-0.1, -0.05) is 30.3 Å². The van der Waals surface area contributed by atoms with Crippen molar-refractivity contribution >= 4 is 10.8 Å². The molecule has 19 heavy (non-hydrogen) atoms. The summed E-state index contributed by atoms with van der Waals surface area (Å²) < 4.78 is 44.0. The lowest BCUT2D eigenvalue weighted by molar-refractivity contribution is 0.137. The maximum Gasteiger partial charge on any atom is 0.160 e. The van der Waals surface area contributed by atoms with E-state index < -0.39 is 19.0 Å². The van der Waals surface area contributed by atoms with E-state index in [2.05, 4.69) is 0 Å². The maximum atomic E-state index is 13.6. The van der Waals surface area contributed by atoms with E-state index in [1.807, 2.05) is 18.2 Å². The van der Waals surface area contributed by atoms with Gasteiger partial charge in [0.25, 0.3) is 0 Å². The van der Waals surface area contributed by atoms with Crippen LogP contribution in [0.2, 0.25) is 0 Å². The Balaban J connectivity index is 2.43. The van der Waals surface area contributed by atoms with E-state index in [1.54, 1.807) is 18.2 Å². The number of fused-ring (bicyclic) bond motifs is 1. The second-order valence-electron chi connectivity index (χ2n) is 4.37. The van der Waals surface area contributed by atoms with Crippen LogP contribution in [0.15, 0.2) is 36.4 Å². The molecule has 0 aromatic heterocycles. The maximum absolute atomic E-state index is 13.6. The van der Waals surface area contributed by atoms with Crippen molar-refractivity contribution < 1.29 is 17.9 Å².